The lowest BCUT2D eigenvalue weighted by molar-refractivity contribution is 0.0665. The maximum absolute atomic E-state index is 11.6. The molecule has 2 rings (SSSR count). The second-order valence-electron chi connectivity index (χ2n) is 3.93. The summed E-state index contributed by atoms with van der Waals surface area (Å²) < 4.78 is 0. The predicted octanol–water partition coefficient (Wildman–Crippen LogP) is 3.30. The lowest BCUT2D eigenvalue weighted by Gasteiger charge is -2.09. The number of amides is 2. The number of hydrogen-bond acceptors (Lipinski definition) is 2. The molecule has 0 bridgehead atoms. The molecule has 94 valence electrons. The average molecular weight is 244 g/mol. The first-order chi connectivity index (χ1) is 8.81. The summed E-state index contributed by atoms with van der Waals surface area (Å²) in [5.41, 5.74) is 3.12. The van der Waals surface area contributed by atoms with E-state index in [-0.39, 0.29) is 6.03 Å². The van der Waals surface area contributed by atoms with Crippen molar-refractivity contribution in [2.45, 2.75) is 13.3 Å². The third-order valence-corrected chi connectivity index (χ3v) is 2.51. The Morgan fingerprint density at radius 3 is 2.78 bits per heavy atom. The first-order valence-corrected chi connectivity index (χ1v) is 5.98. The summed E-state index contributed by atoms with van der Waals surface area (Å²) in [6.07, 6.45) is 0.856. The van der Waals surface area contributed by atoms with Crippen LogP contribution < -0.4 is 10.8 Å². The van der Waals surface area contributed by atoms with Crippen LogP contribution >= 0.6 is 0 Å². The van der Waals surface area contributed by atoms with E-state index < -0.39 is 0 Å². The number of rotatable bonds is 4. The number of benzene rings is 2. The molecule has 0 heterocycles. The van der Waals surface area contributed by atoms with Crippen LogP contribution in [-0.4, -0.2) is 12.6 Å². The number of nitrogens with one attached hydrogen (secondary N) is 2. The van der Waals surface area contributed by atoms with Crippen LogP contribution in [0.15, 0.2) is 42.5 Å². The third-order valence-electron chi connectivity index (χ3n) is 2.51. The second-order valence-corrected chi connectivity index (χ2v) is 3.93. The monoisotopic (exact) mass is 244 g/mol. The molecule has 0 radical (unpaired) electrons. The summed E-state index contributed by atoms with van der Waals surface area (Å²) >= 11 is 0. The molecule has 2 amide bonds. The maximum atomic E-state index is 11.6. The largest absolute Gasteiger partial charge is 0.343 e. The number of fused-ring (bicyclic) bond motifs is 1. The molecule has 2 aromatic rings. The minimum atomic E-state index is -0.361. The summed E-state index contributed by atoms with van der Waals surface area (Å²) in [5.74, 6) is 0. The number of urea groups is 1. The Labute approximate surface area is 106 Å². The van der Waals surface area contributed by atoms with Crippen molar-refractivity contribution in [3.05, 3.63) is 42.5 Å². The molecule has 0 unspecified atom stereocenters. The Morgan fingerprint density at radius 2 is 1.94 bits per heavy atom. The normalized spacial score (nSPS) is 10.3. The highest BCUT2D eigenvalue weighted by molar-refractivity contribution is 6.01. The van der Waals surface area contributed by atoms with Crippen molar-refractivity contribution >= 4 is 22.5 Å². The van der Waals surface area contributed by atoms with Gasteiger partial charge in [-0.2, -0.15) is 0 Å². The highest BCUT2D eigenvalue weighted by Gasteiger charge is 2.04. The van der Waals surface area contributed by atoms with Crippen molar-refractivity contribution in [2.24, 2.45) is 0 Å². The van der Waals surface area contributed by atoms with Gasteiger partial charge in [-0.3, -0.25) is 4.84 Å². The number of hydrogen-bond donors (Lipinski definition) is 2. The molecule has 4 nitrogen and oxygen atoms in total. The minimum absolute atomic E-state index is 0.361. The smallest absolute Gasteiger partial charge is 0.306 e. The molecule has 0 aromatic heterocycles. The van der Waals surface area contributed by atoms with Crippen molar-refractivity contribution in [1.82, 2.24) is 5.48 Å². The van der Waals surface area contributed by atoms with Gasteiger partial charge in [-0.05, 0) is 17.9 Å². The van der Waals surface area contributed by atoms with Crippen molar-refractivity contribution in [1.29, 1.82) is 0 Å². The van der Waals surface area contributed by atoms with E-state index in [1.807, 2.05) is 49.4 Å². The lowest BCUT2D eigenvalue weighted by atomic mass is 10.1. The molecule has 0 aliphatic heterocycles. The van der Waals surface area contributed by atoms with E-state index in [2.05, 4.69) is 10.8 Å². The van der Waals surface area contributed by atoms with Gasteiger partial charge in [-0.25, -0.2) is 10.3 Å². The molecule has 0 aliphatic carbocycles. The number of carbonyl (C=O) groups is 1. The van der Waals surface area contributed by atoms with Gasteiger partial charge < -0.3 is 5.32 Å². The van der Waals surface area contributed by atoms with E-state index in [0.717, 1.165) is 22.9 Å². The zero-order chi connectivity index (χ0) is 12.8. The van der Waals surface area contributed by atoms with Gasteiger partial charge in [0, 0.05) is 5.39 Å². The van der Waals surface area contributed by atoms with Gasteiger partial charge in [0.05, 0.1) is 12.3 Å². The summed E-state index contributed by atoms with van der Waals surface area (Å²) in [4.78, 5) is 16.6. The third kappa shape index (κ3) is 2.99. The number of hydroxylamine groups is 1. The summed E-state index contributed by atoms with van der Waals surface area (Å²) in [5, 5.41) is 4.86. The van der Waals surface area contributed by atoms with Gasteiger partial charge in [-0.15, -0.1) is 0 Å². The fourth-order valence-corrected chi connectivity index (χ4v) is 1.70. The van der Waals surface area contributed by atoms with Gasteiger partial charge in [0.1, 0.15) is 0 Å². The highest BCUT2D eigenvalue weighted by Crippen LogP contribution is 2.22. The zero-order valence-corrected chi connectivity index (χ0v) is 10.3. The molecular formula is C14H16N2O2. The van der Waals surface area contributed by atoms with E-state index in [0.29, 0.717) is 6.61 Å². The van der Waals surface area contributed by atoms with Crippen LogP contribution in [0.5, 0.6) is 0 Å². The lowest BCUT2D eigenvalue weighted by Crippen LogP contribution is -2.29. The molecule has 18 heavy (non-hydrogen) atoms. The molecular weight excluding hydrogens is 228 g/mol. The van der Waals surface area contributed by atoms with Crippen molar-refractivity contribution < 1.29 is 9.63 Å². The quantitative estimate of drug-likeness (QED) is 0.640. The van der Waals surface area contributed by atoms with E-state index in [1.54, 1.807) is 0 Å². The first kappa shape index (κ1) is 12.4. The summed E-state index contributed by atoms with van der Waals surface area (Å²) in [7, 11) is 0. The Hall–Kier alpha value is -2.07. The highest BCUT2D eigenvalue weighted by atomic mass is 16.7. The fourth-order valence-electron chi connectivity index (χ4n) is 1.70. The van der Waals surface area contributed by atoms with Crippen molar-refractivity contribution in [3.8, 4) is 0 Å². The Kier molecular flexibility index (Phi) is 4.15. The molecule has 0 fully saturated rings. The SMILES string of the molecule is CCCONC(=O)Nc1cccc2ccccc12. The van der Waals surface area contributed by atoms with Gasteiger partial charge in [0.25, 0.3) is 0 Å². The van der Waals surface area contributed by atoms with Crippen LogP contribution in [0.3, 0.4) is 0 Å². The minimum Gasteiger partial charge on any atom is -0.306 e. The number of anilines is 1. The van der Waals surface area contributed by atoms with E-state index >= 15 is 0 Å². The summed E-state index contributed by atoms with van der Waals surface area (Å²) in [6.45, 7) is 2.48. The molecule has 0 saturated carbocycles. The van der Waals surface area contributed by atoms with Crippen molar-refractivity contribution in [3.63, 3.8) is 0 Å². The fraction of sp³-hybridized carbons (Fsp3) is 0.214. The number of carbonyl (C=O) groups excluding carboxylic acids is 1. The summed E-state index contributed by atoms with van der Waals surface area (Å²) in [6, 6.07) is 13.3. The molecule has 0 aliphatic rings. The van der Waals surface area contributed by atoms with E-state index in [9.17, 15) is 4.79 Å². The van der Waals surface area contributed by atoms with E-state index in [1.165, 1.54) is 0 Å². The topological polar surface area (TPSA) is 50.4 Å². The van der Waals surface area contributed by atoms with E-state index in [4.69, 9.17) is 4.84 Å². The molecule has 4 heteroatoms. The molecule has 2 N–H and O–H groups in total. The first-order valence-electron chi connectivity index (χ1n) is 5.98. The van der Waals surface area contributed by atoms with Gasteiger partial charge >= 0.3 is 6.03 Å². The zero-order valence-electron chi connectivity index (χ0n) is 10.3. The average Bonchev–Trinajstić information content (AvgIpc) is 2.39. The van der Waals surface area contributed by atoms with Gasteiger partial charge in [-0.1, -0.05) is 43.3 Å². The molecule has 0 atom stereocenters. The molecule has 0 saturated heterocycles. The van der Waals surface area contributed by atoms with Gasteiger partial charge in [0.2, 0.25) is 0 Å². The van der Waals surface area contributed by atoms with Crippen molar-refractivity contribution in [2.75, 3.05) is 11.9 Å². The van der Waals surface area contributed by atoms with Crippen LogP contribution in [0.2, 0.25) is 0 Å². The standard InChI is InChI=1S/C14H16N2O2/c1-2-10-18-16-14(17)15-13-9-5-7-11-6-3-4-8-12(11)13/h3-9H,2,10H2,1H3,(H2,15,16,17). The Morgan fingerprint density at radius 1 is 1.17 bits per heavy atom. The maximum Gasteiger partial charge on any atom is 0.343 e. The Balaban J connectivity index is 2.09. The van der Waals surface area contributed by atoms with Crippen LogP contribution in [0.4, 0.5) is 10.5 Å². The Bertz CT molecular complexity index is 535. The van der Waals surface area contributed by atoms with Crippen LogP contribution in [0, 0.1) is 0 Å². The molecule has 2 aromatic carbocycles. The molecule has 0 spiro atoms. The van der Waals surface area contributed by atoms with Crippen LogP contribution in [0.1, 0.15) is 13.3 Å². The van der Waals surface area contributed by atoms with Gasteiger partial charge in [0.15, 0.2) is 0 Å². The predicted molar refractivity (Wildman–Crippen MR) is 72.3 cm³/mol. The second kappa shape index (κ2) is 6.02. The van der Waals surface area contributed by atoms with Crippen LogP contribution in [-0.2, 0) is 4.84 Å². The van der Waals surface area contributed by atoms with Crippen LogP contribution in [0.25, 0.3) is 10.8 Å².